The Morgan fingerprint density at radius 3 is 2.62 bits per heavy atom. The maximum atomic E-state index is 6.09. The van der Waals surface area contributed by atoms with Gasteiger partial charge < -0.3 is 20.2 Å². The maximum Gasteiger partial charge on any atom is 0.231 e. The lowest BCUT2D eigenvalue weighted by molar-refractivity contribution is 0.174. The van der Waals surface area contributed by atoms with Crippen molar-refractivity contribution in [3.8, 4) is 34.1 Å². The van der Waals surface area contributed by atoms with Gasteiger partial charge in [0.1, 0.15) is 5.82 Å². The molecule has 4 rings (SSSR count). The molecule has 2 heterocycles. The smallest absolute Gasteiger partial charge is 0.231 e. The lowest BCUT2D eigenvalue weighted by Crippen LogP contribution is -1.92. The van der Waals surface area contributed by atoms with Gasteiger partial charge in [0.25, 0.3) is 0 Å². The van der Waals surface area contributed by atoms with Gasteiger partial charge in [0.2, 0.25) is 6.79 Å². The number of hydrogen-bond acceptors (Lipinski definition) is 4. The Kier molecular flexibility index (Phi) is 2.57. The third-order valence-corrected chi connectivity index (χ3v) is 3.46. The third kappa shape index (κ3) is 1.99. The fourth-order valence-electron chi connectivity index (χ4n) is 2.39. The molecule has 2 aromatic carbocycles. The zero-order valence-electron chi connectivity index (χ0n) is 11.2. The van der Waals surface area contributed by atoms with Crippen molar-refractivity contribution in [2.75, 3.05) is 12.5 Å². The molecular formula is C16H13N3O2. The van der Waals surface area contributed by atoms with Crippen molar-refractivity contribution in [1.82, 2.24) is 9.97 Å². The zero-order valence-corrected chi connectivity index (χ0v) is 11.2. The zero-order chi connectivity index (χ0) is 14.2. The van der Waals surface area contributed by atoms with E-state index < -0.39 is 0 Å². The summed E-state index contributed by atoms with van der Waals surface area (Å²) in [5, 5.41) is 0. The van der Waals surface area contributed by atoms with Crippen molar-refractivity contribution in [2.45, 2.75) is 0 Å². The van der Waals surface area contributed by atoms with E-state index in [4.69, 9.17) is 15.2 Å². The molecule has 1 aromatic heterocycles. The highest BCUT2D eigenvalue weighted by Crippen LogP contribution is 2.39. The molecule has 0 bridgehead atoms. The third-order valence-electron chi connectivity index (χ3n) is 3.46. The molecule has 104 valence electrons. The SMILES string of the molecule is Nc1cc2c(cc1-c1cnc(-c3ccccc3)[nH]1)OCO2. The van der Waals surface area contributed by atoms with Crippen molar-refractivity contribution >= 4 is 5.69 Å². The van der Waals surface area contributed by atoms with Crippen LogP contribution < -0.4 is 15.2 Å². The number of nitrogens with zero attached hydrogens (tertiary/aromatic N) is 1. The summed E-state index contributed by atoms with van der Waals surface area (Å²) in [6.45, 7) is 0.233. The molecule has 3 aromatic rings. The van der Waals surface area contributed by atoms with E-state index in [0.717, 1.165) is 22.6 Å². The van der Waals surface area contributed by atoms with E-state index >= 15 is 0 Å². The van der Waals surface area contributed by atoms with Crippen LogP contribution in [0.1, 0.15) is 0 Å². The maximum absolute atomic E-state index is 6.09. The molecule has 0 unspecified atom stereocenters. The van der Waals surface area contributed by atoms with Crippen LogP contribution >= 0.6 is 0 Å². The molecule has 0 saturated carbocycles. The lowest BCUT2D eigenvalue weighted by atomic mass is 10.1. The van der Waals surface area contributed by atoms with Crippen LogP contribution in [0.4, 0.5) is 5.69 Å². The average molecular weight is 279 g/mol. The standard InChI is InChI=1S/C16H13N3O2/c17-12-7-15-14(20-9-21-15)6-11(12)13-8-18-16(19-13)10-4-2-1-3-5-10/h1-8H,9,17H2,(H,18,19). The molecule has 3 N–H and O–H groups in total. The number of nitrogen functional groups attached to an aromatic ring is 1. The summed E-state index contributed by atoms with van der Waals surface area (Å²) < 4.78 is 10.7. The van der Waals surface area contributed by atoms with Crippen LogP contribution in [0.25, 0.3) is 22.6 Å². The van der Waals surface area contributed by atoms with E-state index in [0.29, 0.717) is 17.2 Å². The monoisotopic (exact) mass is 279 g/mol. The van der Waals surface area contributed by atoms with Crippen LogP contribution in [0.15, 0.2) is 48.7 Å². The number of imidazole rings is 1. The molecule has 0 fully saturated rings. The Morgan fingerprint density at radius 2 is 1.81 bits per heavy atom. The van der Waals surface area contributed by atoms with Gasteiger partial charge in [-0.3, -0.25) is 0 Å². The molecule has 0 spiro atoms. The first kappa shape index (κ1) is 11.8. The fourth-order valence-corrected chi connectivity index (χ4v) is 2.39. The van der Waals surface area contributed by atoms with Crippen LogP contribution in [-0.4, -0.2) is 16.8 Å². The minimum atomic E-state index is 0.233. The number of aromatic nitrogens is 2. The molecule has 0 aliphatic carbocycles. The fraction of sp³-hybridized carbons (Fsp3) is 0.0625. The summed E-state index contributed by atoms with van der Waals surface area (Å²) in [5.41, 5.74) is 9.46. The largest absolute Gasteiger partial charge is 0.454 e. The van der Waals surface area contributed by atoms with E-state index in [2.05, 4.69) is 9.97 Å². The van der Waals surface area contributed by atoms with Gasteiger partial charge in [0.05, 0.1) is 11.9 Å². The lowest BCUT2D eigenvalue weighted by Gasteiger charge is -2.05. The number of rotatable bonds is 2. The van der Waals surface area contributed by atoms with Crippen molar-refractivity contribution in [3.05, 3.63) is 48.7 Å². The Balaban J connectivity index is 1.77. The highest BCUT2D eigenvalue weighted by atomic mass is 16.7. The van der Waals surface area contributed by atoms with Gasteiger partial charge in [-0.1, -0.05) is 30.3 Å². The molecule has 1 aliphatic heterocycles. The van der Waals surface area contributed by atoms with Crippen LogP contribution in [0.3, 0.4) is 0 Å². The van der Waals surface area contributed by atoms with Gasteiger partial charge in [-0.2, -0.15) is 0 Å². The quantitative estimate of drug-likeness (QED) is 0.707. The molecule has 0 atom stereocenters. The first-order chi connectivity index (χ1) is 10.3. The van der Waals surface area contributed by atoms with Crippen molar-refractivity contribution in [3.63, 3.8) is 0 Å². The van der Waals surface area contributed by atoms with E-state index in [-0.39, 0.29) is 6.79 Å². The second-order valence-electron chi connectivity index (χ2n) is 4.80. The number of benzene rings is 2. The van der Waals surface area contributed by atoms with Crippen LogP contribution in [-0.2, 0) is 0 Å². The minimum absolute atomic E-state index is 0.233. The van der Waals surface area contributed by atoms with E-state index in [1.165, 1.54) is 0 Å². The molecule has 0 saturated heterocycles. The second-order valence-corrected chi connectivity index (χ2v) is 4.80. The van der Waals surface area contributed by atoms with Crippen LogP contribution in [0.2, 0.25) is 0 Å². The number of fused-ring (bicyclic) bond motifs is 1. The average Bonchev–Trinajstić information content (AvgIpc) is 3.15. The van der Waals surface area contributed by atoms with Gasteiger partial charge in [0.15, 0.2) is 11.5 Å². The highest BCUT2D eigenvalue weighted by molar-refractivity contribution is 5.78. The van der Waals surface area contributed by atoms with E-state index in [1.807, 2.05) is 36.4 Å². The van der Waals surface area contributed by atoms with Gasteiger partial charge in [-0.25, -0.2) is 4.98 Å². The normalized spacial score (nSPS) is 12.6. The summed E-state index contributed by atoms with van der Waals surface area (Å²) in [5.74, 6) is 2.19. The predicted octanol–water partition coefficient (Wildman–Crippen LogP) is 3.05. The minimum Gasteiger partial charge on any atom is -0.454 e. The number of H-pyrrole nitrogens is 1. The number of aromatic amines is 1. The summed E-state index contributed by atoms with van der Waals surface area (Å²) in [7, 11) is 0. The molecule has 0 amide bonds. The number of nitrogens with two attached hydrogens (primary N) is 1. The molecule has 1 aliphatic rings. The Labute approximate surface area is 121 Å². The first-order valence-corrected chi connectivity index (χ1v) is 6.61. The molecule has 0 radical (unpaired) electrons. The van der Waals surface area contributed by atoms with Gasteiger partial charge >= 0.3 is 0 Å². The predicted molar refractivity (Wildman–Crippen MR) is 80.0 cm³/mol. The number of ether oxygens (including phenoxy) is 2. The number of anilines is 1. The first-order valence-electron chi connectivity index (χ1n) is 6.61. The summed E-state index contributed by atoms with van der Waals surface area (Å²) >= 11 is 0. The molecule has 21 heavy (non-hydrogen) atoms. The highest BCUT2D eigenvalue weighted by Gasteiger charge is 2.18. The molecule has 5 nitrogen and oxygen atoms in total. The second kappa shape index (κ2) is 4.56. The Bertz CT molecular complexity index is 797. The van der Waals surface area contributed by atoms with E-state index in [1.54, 1.807) is 12.3 Å². The van der Waals surface area contributed by atoms with Crippen molar-refractivity contribution in [2.24, 2.45) is 0 Å². The molecule has 5 heteroatoms. The Hall–Kier alpha value is -2.95. The summed E-state index contributed by atoms with van der Waals surface area (Å²) in [6.07, 6.45) is 1.77. The van der Waals surface area contributed by atoms with E-state index in [9.17, 15) is 0 Å². The van der Waals surface area contributed by atoms with Gasteiger partial charge in [-0.15, -0.1) is 0 Å². The van der Waals surface area contributed by atoms with Gasteiger partial charge in [-0.05, 0) is 6.07 Å². The number of nitrogens with one attached hydrogen (secondary N) is 1. The topological polar surface area (TPSA) is 73.2 Å². The van der Waals surface area contributed by atoms with Crippen LogP contribution in [0, 0.1) is 0 Å². The Morgan fingerprint density at radius 1 is 1.05 bits per heavy atom. The van der Waals surface area contributed by atoms with Crippen molar-refractivity contribution in [1.29, 1.82) is 0 Å². The molecular weight excluding hydrogens is 266 g/mol. The van der Waals surface area contributed by atoms with Crippen LogP contribution in [0.5, 0.6) is 11.5 Å². The van der Waals surface area contributed by atoms with Gasteiger partial charge in [0, 0.05) is 22.9 Å². The number of hydrogen-bond donors (Lipinski definition) is 2. The van der Waals surface area contributed by atoms with Crippen molar-refractivity contribution < 1.29 is 9.47 Å². The summed E-state index contributed by atoms with van der Waals surface area (Å²) in [6, 6.07) is 13.6. The summed E-state index contributed by atoms with van der Waals surface area (Å²) in [4.78, 5) is 7.70.